The van der Waals surface area contributed by atoms with E-state index in [1.54, 1.807) is 0 Å². The average Bonchev–Trinajstić information content (AvgIpc) is 3.21. The minimum atomic E-state index is 0. The number of nitrogens with zero attached hydrogens (tertiary/aromatic N) is 3. The Kier molecular flexibility index (Phi) is 9.27. The van der Waals surface area contributed by atoms with Crippen molar-refractivity contribution in [1.82, 2.24) is 20.5 Å². The Morgan fingerprint density at radius 1 is 1.19 bits per heavy atom. The van der Waals surface area contributed by atoms with Gasteiger partial charge in [0.15, 0.2) is 5.96 Å². The lowest BCUT2D eigenvalue weighted by atomic mass is 10.1. The molecule has 0 aliphatic heterocycles. The van der Waals surface area contributed by atoms with Crippen molar-refractivity contribution in [2.45, 2.75) is 45.2 Å². The fraction of sp³-hybridized carbons (Fsp3) is 0.524. The predicted octanol–water partition coefficient (Wildman–Crippen LogP) is 3.78. The van der Waals surface area contributed by atoms with Crippen LogP contribution in [0.3, 0.4) is 0 Å². The third kappa shape index (κ3) is 6.31. The molecule has 0 unspecified atom stereocenters. The maximum Gasteiger partial charge on any atom is 0.191 e. The Bertz CT molecular complexity index is 722. The first-order valence-corrected chi connectivity index (χ1v) is 9.83. The molecule has 0 spiro atoms. The van der Waals surface area contributed by atoms with Gasteiger partial charge in [0.1, 0.15) is 0 Å². The molecule has 0 atom stereocenters. The molecule has 3 rings (SSSR count). The first-order chi connectivity index (χ1) is 12.8. The van der Waals surface area contributed by atoms with Crippen LogP contribution in [0.1, 0.15) is 38.2 Å². The monoisotopic (exact) mass is 481 g/mol. The highest BCUT2D eigenvalue weighted by Crippen LogP contribution is 2.21. The van der Waals surface area contributed by atoms with E-state index in [9.17, 15) is 0 Å². The van der Waals surface area contributed by atoms with Crippen molar-refractivity contribution in [2.75, 3.05) is 26.7 Å². The molecule has 2 aromatic rings. The highest BCUT2D eigenvalue weighted by Gasteiger charge is 2.18. The molecule has 1 aromatic heterocycles. The highest BCUT2D eigenvalue weighted by atomic mass is 127. The minimum absolute atomic E-state index is 0. The largest absolute Gasteiger partial charge is 0.357 e. The quantitative estimate of drug-likeness (QED) is 0.359. The maximum absolute atomic E-state index is 4.78. The Morgan fingerprint density at radius 3 is 2.74 bits per heavy atom. The Labute approximate surface area is 180 Å². The second-order valence-corrected chi connectivity index (χ2v) is 7.03. The summed E-state index contributed by atoms with van der Waals surface area (Å²) in [6.07, 6.45) is 7.32. The van der Waals surface area contributed by atoms with Crippen molar-refractivity contribution < 1.29 is 0 Å². The SMILES string of the molecule is CCNC(=NCc1ccnc2ccccc12)NCCN(C)C1CCCC1.I. The lowest BCUT2D eigenvalue weighted by Gasteiger charge is -2.24. The minimum Gasteiger partial charge on any atom is -0.357 e. The highest BCUT2D eigenvalue weighted by molar-refractivity contribution is 14.0. The molecular weight excluding hydrogens is 449 g/mol. The normalized spacial score (nSPS) is 15.1. The van der Waals surface area contributed by atoms with Crippen LogP contribution >= 0.6 is 24.0 Å². The lowest BCUT2D eigenvalue weighted by Crippen LogP contribution is -2.42. The second-order valence-electron chi connectivity index (χ2n) is 7.03. The number of nitrogens with one attached hydrogen (secondary N) is 2. The van der Waals surface area contributed by atoms with E-state index in [-0.39, 0.29) is 24.0 Å². The van der Waals surface area contributed by atoms with Gasteiger partial charge in [-0.2, -0.15) is 0 Å². The topological polar surface area (TPSA) is 52.6 Å². The predicted molar refractivity (Wildman–Crippen MR) is 125 cm³/mol. The van der Waals surface area contributed by atoms with Gasteiger partial charge in [-0.25, -0.2) is 4.99 Å². The molecule has 148 valence electrons. The van der Waals surface area contributed by atoms with Crippen molar-refractivity contribution in [3.8, 4) is 0 Å². The Hall–Kier alpha value is -1.41. The summed E-state index contributed by atoms with van der Waals surface area (Å²) in [6.45, 7) is 5.57. The van der Waals surface area contributed by atoms with E-state index in [1.165, 1.54) is 36.6 Å². The molecule has 1 fully saturated rings. The number of pyridine rings is 1. The molecule has 27 heavy (non-hydrogen) atoms. The fourth-order valence-electron chi connectivity index (χ4n) is 3.68. The molecule has 0 radical (unpaired) electrons. The maximum atomic E-state index is 4.78. The van der Waals surface area contributed by atoms with Gasteiger partial charge in [-0.05, 0) is 44.5 Å². The molecule has 0 bridgehead atoms. The molecule has 1 aliphatic carbocycles. The van der Waals surface area contributed by atoms with E-state index < -0.39 is 0 Å². The van der Waals surface area contributed by atoms with Gasteiger partial charge >= 0.3 is 0 Å². The molecular formula is C21H32IN5. The summed E-state index contributed by atoms with van der Waals surface area (Å²) in [5.74, 6) is 0.883. The molecule has 6 heteroatoms. The zero-order valence-electron chi connectivity index (χ0n) is 16.4. The summed E-state index contributed by atoms with van der Waals surface area (Å²) in [7, 11) is 2.24. The van der Waals surface area contributed by atoms with E-state index in [1.807, 2.05) is 18.3 Å². The zero-order chi connectivity index (χ0) is 18.2. The smallest absolute Gasteiger partial charge is 0.191 e. The summed E-state index contributed by atoms with van der Waals surface area (Å²) in [5.41, 5.74) is 2.23. The van der Waals surface area contributed by atoms with Gasteiger partial charge in [0, 0.05) is 37.3 Å². The summed E-state index contributed by atoms with van der Waals surface area (Å²) in [4.78, 5) is 11.7. The number of rotatable bonds is 7. The number of guanidine groups is 1. The third-order valence-electron chi connectivity index (χ3n) is 5.20. The number of halogens is 1. The van der Waals surface area contributed by atoms with E-state index in [0.717, 1.165) is 37.2 Å². The van der Waals surface area contributed by atoms with E-state index in [4.69, 9.17) is 4.99 Å². The first-order valence-electron chi connectivity index (χ1n) is 9.83. The zero-order valence-corrected chi connectivity index (χ0v) is 18.8. The van der Waals surface area contributed by atoms with Gasteiger partial charge in [0.2, 0.25) is 0 Å². The van der Waals surface area contributed by atoms with Gasteiger partial charge in [-0.3, -0.25) is 4.98 Å². The third-order valence-corrected chi connectivity index (χ3v) is 5.20. The fourth-order valence-corrected chi connectivity index (χ4v) is 3.68. The average molecular weight is 481 g/mol. The number of hydrogen-bond donors (Lipinski definition) is 2. The number of aromatic nitrogens is 1. The van der Waals surface area contributed by atoms with Crippen molar-refractivity contribution >= 4 is 40.8 Å². The van der Waals surface area contributed by atoms with Crippen LogP contribution < -0.4 is 10.6 Å². The molecule has 1 saturated carbocycles. The van der Waals surface area contributed by atoms with Crippen LogP contribution in [0.25, 0.3) is 10.9 Å². The number of fused-ring (bicyclic) bond motifs is 1. The van der Waals surface area contributed by atoms with Crippen molar-refractivity contribution in [1.29, 1.82) is 0 Å². The van der Waals surface area contributed by atoms with Gasteiger partial charge in [-0.1, -0.05) is 31.0 Å². The van der Waals surface area contributed by atoms with Gasteiger partial charge in [-0.15, -0.1) is 24.0 Å². The second kappa shape index (κ2) is 11.4. The van der Waals surface area contributed by atoms with Crippen LogP contribution in [-0.4, -0.2) is 48.6 Å². The first kappa shape index (κ1) is 21.9. The van der Waals surface area contributed by atoms with Crippen molar-refractivity contribution in [2.24, 2.45) is 4.99 Å². The number of aliphatic imine (C=N–C) groups is 1. The van der Waals surface area contributed by atoms with Gasteiger partial charge in [0.05, 0.1) is 12.1 Å². The van der Waals surface area contributed by atoms with E-state index in [0.29, 0.717) is 6.54 Å². The summed E-state index contributed by atoms with van der Waals surface area (Å²) in [6, 6.07) is 11.1. The number of benzene rings is 1. The molecule has 1 heterocycles. The van der Waals surface area contributed by atoms with Crippen molar-refractivity contribution in [3.63, 3.8) is 0 Å². The number of para-hydroxylation sites is 1. The standard InChI is InChI=1S/C21H31N5.HI/c1-3-22-21(24-14-15-26(2)18-8-4-5-9-18)25-16-17-12-13-23-20-11-7-6-10-19(17)20;/h6-7,10-13,18H,3-5,8-9,14-16H2,1-2H3,(H2,22,24,25);1H. The Morgan fingerprint density at radius 2 is 1.96 bits per heavy atom. The van der Waals surface area contributed by atoms with Crippen LogP contribution in [0, 0.1) is 0 Å². The molecule has 0 amide bonds. The molecule has 5 nitrogen and oxygen atoms in total. The van der Waals surface area contributed by atoms with Gasteiger partial charge in [0.25, 0.3) is 0 Å². The number of hydrogen-bond acceptors (Lipinski definition) is 3. The molecule has 2 N–H and O–H groups in total. The van der Waals surface area contributed by atoms with E-state index >= 15 is 0 Å². The molecule has 1 aliphatic rings. The summed E-state index contributed by atoms with van der Waals surface area (Å²) < 4.78 is 0. The molecule has 1 aromatic carbocycles. The van der Waals surface area contributed by atoms with Crippen LogP contribution in [-0.2, 0) is 6.54 Å². The van der Waals surface area contributed by atoms with Crippen LogP contribution in [0.2, 0.25) is 0 Å². The number of likely N-dealkylation sites (N-methyl/N-ethyl adjacent to an activating group) is 1. The van der Waals surface area contributed by atoms with Crippen LogP contribution in [0.15, 0.2) is 41.5 Å². The lowest BCUT2D eigenvalue weighted by molar-refractivity contribution is 0.249. The molecule has 0 saturated heterocycles. The summed E-state index contributed by atoms with van der Waals surface area (Å²) >= 11 is 0. The van der Waals surface area contributed by atoms with Gasteiger partial charge < -0.3 is 15.5 Å². The Balaban J connectivity index is 0.00000261. The van der Waals surface area contributed by atoms with E-state index in [2.05, 4.69) is 52.7 Å². The van der Waals surface area contributed by atoms with Crippen LogP contribution in [0.5, 0.6) is 0 Å². The summed E-state index contributed by atoms with van der Waals surface area (Å²) in [5, 5.41) is 8.00. The van der Waals surface area contributed by atoms with Crippen LogP contribution in [0.4, 0.5) is 0 Å². The van der Waals surface area contributed by atoms with Crippen molar-refractivity contribution in [3.05, 3.63) is 42.1 Å².